The zero-order chi connectivity index (χ0) is 21.5. The fraction of sp³-hybridized carbons (Fsp3) is 0.435. The lowest BCUT2D eigenvalue weighted by molar-refractivity contribution is 0.0524. The summed E-state index contributed by atoms with van der Waals surface area (Å²) in [6, 6.07) is 8.21. The second kappa shape index (κ2) is 10.2. The molecule has 0 spiro atoms. The number of methoxy groups -OCH3 is 1. The van der Waals surface area contributed by atoms with Gasteiger partial charge in [0.1, 0.15) is 23.7 Å². The van der Waals surface area contributed by atoms with Crippen LogP contribution in [0.15, 0.2) is 36.5 Å². The molecule has 160 valence electrons. The highest BCUT2D eigenvalue weighted by Crippen LogP contribution is 2.29. The Kier molecular flexibility index (Phi) is 7.41. The van der Waals surface area contributed by atoms with Gasteiger partial charge in [-0.2, -0.15) is 0 Å². The molecule has 30 heavy (non-hydrogen) atoms. The van der Waals surface area contributed by atoms with Crippen molar-refractivity contribution in [2.24, 2.45) is 0 Å². The Balaban J connectivity index is 1.77. The molecule has 1 aliphatic rings. The number of aromatic nitrogens is 1. The first-order valence-corrected chi connectivity index (χ1v) is 10.2. The molecule has 0 saturated carbocycles. The van der Waals surface area contributed by atoms with Crippen LogP contribution >= 0.6 is 0 Å². The third-order valence-corrected chi connectivity index (χ3v) is 5.34. The second-order valence-corrected chi connectivity index (χ2v) is 7.41. The maximum absolute atomic E-state index is 13.3. The van der Waals surface area contributed by atoms with E-state index < -0.39 is 0 Å². The maximum Gasteiger partial charge on any atom is 0.256 e. The van der Waals surface area contributed by atoms with Crippen LogP contribution in [-0.2, 0) is 11.2 Å². The number of nitrogens with zero attached hydrogens (tertiary/aromatic N) is 2. The van der Waals surface area contributed by atoms with Gasteiger partial charge >= 0.3 is 0 Å². The van der Waals surface area contributed by atoms with Gasteiger partial charge in [0, 0.05) is 26.3 Å². The van der Waals surface area contributed by atoms with E-state index in [0.29, 0.717) is 30.9 Å². The lowest BCUT2D eigenvalue weighted by atomic mass is 10.0. The Morgan fingerprint density at radius 1 is 1.23 bits per heavy atom. The minimum Gasteiger partial charge on any atom is -0.507 e. The van der Waals surface area contributed by atoms with Crippen molar-refractivity contribution in [2.75, 3.05) is 26.9 Å². The SMILES string of the molecule is COCCc1ncccc1C(=O)N1CCCC[C@H]1COc1cccc(O)c1C(C)=O. The van der Waals surface area contributed by atoms with E-state index in [4.69, 9.17) is 9.47 Å². The predicted molar refractivity (Wildman–Crippen MR) is 112 cm³/mol. The second-order valence-electron chi connectivity index (χ2n) is 7.41. The number of hydrogen-bond acceptors (Lipinski definition) is 6. The summed E-state index contributed by atoms with van der Waals surface area (Å²) >= 11 is 0. The van der Waals surface area contributed by atoms with Gasteiger partial charge in [-0.25, -0.2) is 0 Å². The van der Waals surface area contributed by atoms with Crippen molar-refractivity contribution in [3.63, 3.8) is 0 Å². The van der Waals surface area contributed by atoms with Crippen LogP contribution in [0.4, 0.5) is 0 Å². The van der Waals surface area contributed by atoms with Crippen molar-refractivity contribution in [3.05, 3.63) is 53.3 Å². The molecular weight excluding hydrogens is 384 g/mol. The molecule has 1 atom stereocenters. The predicted octanol–water partition coefficient (Wildman–Crippen LogP) is 3.25. The summed E-state index contributed by atoms with van der Waals surface area (Å²) in [5.41, 5.74) is 1.48. The fourth-order valence-corrected chi connectivity index (χ4v) is 3.81. The molecule has 1 aromatic heterocycles. The van der Waals surface area contributed by atoms with Crippen molar-refractivity contribution >= 4 is 11.7 Å². The highest BCUT2D eigenvalue weighted by atomic mass is 16.5. The summed E-state index contributed by atoms with van der Waals surface area (Å²) in [5, 5.41) is 10.0. The van der Waals surface area contributed by atoms with E-state index >= 15 is 0 Å². The highest BCUT2D eigenvalue weighted by Gasteiger charge is 2.30. The van der Waals surface area contributed by atoms with Crippen LogP contribution in [0.1, 0.15) is 52.6 Å². The number of phenolic OH excluding ortho intramolecular Hbond substituents is 1. The summed E-state index contributed by atoms with van der Waals surface area (Å²) in [5.74, 6) is -0.0969. The number of rotatable bonds is 8. The van der Waals surface area contributed by atoms with Crippen LogP contribution in [0.25, 0.3) is 0 Å². The number of amides is 1. The maximum atomic E-state index is 13.3. The Hall–Kier alpha value is -2.93. The van der Waals surface area contributed by atoms with Gasteiger partial charge in [-0.05, 0) is 50.5 Å². The number of phenols is 1. The summed E-state index contributed by atoms with van der Waals surface area (Å²) in [6.45, 7) is 2.78. The van der Waals surface area contributed by atoms with Crippen LogP contribution in [-0.4, -0.2) is 59.6 Å². The number of pyridine rings is 1. The third-order valence-electron chi connectivity index (χ3n) is 5.34. The smallest absolute Gasteiger partial charge is 0.256 e. The molecule has 1 aromatic carbocycles. The third kappa shape index (κ3) is 4.97. The van der Waals surface area contributed by atoms with Crippen molar-refractivity contribution < 1.29 is 24.2 Å². The number of ketones is 1. The van der Waals surface area contributed by atoms with Gasteiger partial charge in [-0.1, -0.05) is 6.07 Å². The number of piperidine rings is 1. The average molecular weight is 412 g/mol. The van der Waals surface area contributed by atoms with Gasteiger partial charge in [0.2, 0.25) is 0 Å². The zero-order valence-corrected chi connectivity index (χ0v) is 17.5. The Labute approximate surface area is 176 Å². The molecule has 1 amide bonds. The molecule has 1 saturated heterocycles. The number of ether oxygens (including phenoxy) is 2. The molecule has 0 unspecified atom stereocenters. The average Bonchev–Trinajstić information content (AvgIpc) is 2.76. The Morgan fingerprint density at radius 2 is 2.07 bits per heavy atom. The molecule has 0 bridgehead atoms. The standard InChI is InChI=1S/C23H28N2O5/c1-16(26)22-20(27)9-5-10-21(22)30-15-17-7-3-4-13-25(17)23(28)18-8-6-12-24-19(18)11-14-29-2/h5-6,8-10,12,17,27H,3-4,7,11,13-15H2,1-2H3/t17-/m0/s1. The van der Waals surface area contributed by atoms with Gasteiger partial charge < -0.3 is 19.5 Å². The van der Waals surface area contributed by atoms with Crippen LogP contribution in [0.5, 0.6) is 11.5 Å². The van der Waals surface area contributed by atoms with Gasteiger partial charge in [0.25, 0.3) is 5.91 Å². The fourth-order valence-electron chi connectivity index (χ4n) is 3.81. The van der Waals surface area contributed by atoms with Gasteiger partial charge in [-0.15, -0.1) is 0 Å². The molecule has 7 heteroatoms. The van der Waals surface area contributed by atoms with Gasteiger partial charge in [-0.3, -0.25) is 14.6 Å². The van der Waals surface area contributed by atoms with E-state index in [0.717, 1.165) is 25.0 Å². The van der Waals surface area contributed by atoms with E-state index in [1.54, 1.807) is 37.6 Å². The zero-order valence-electron chi connectivity index (χ0n) is 17.5. The van der Waals surface area contributed by atoms with Crippen LogP contribution in [0.3, 0.4) is 0 Å². The number of carbonyl (C=O) groups is 2. The monoisotopic (exact) mass is 412 g/mol. The van der Waals surface area contributed by atoms with E-state index in [9.17, 15) is 14.7 Å². The molecule has 3 rings (SSSR count). The first-order valence-electron chi connectivity index (χ1n) is 10.2. The van der Waals surface area contributed by atoms with Crippen molar-refractivity contribution in [1.82, 2.24) is 9.88 Å². The van der Waals surface area contributed by atoms with E-state index in [1.165, 1.54) is 13.0 Å². The Bertz CT molecular complexity index is 899. The van der Waals surface area contributed by atoms with E-state index in [2.05, 4.69) is 4.98 Å². The summed E-state index contributed by atoms with van der Waals surface area (Å²) < 4.78 is 11.1. The lowest BCUT2D eigenvalue weighted by Crippen LogP contribution is -2.47. The molecular formula is C23H28N2O5. The van der Waals surface area contributed by atoms with Gasteiger partial charge in [0.05, 0.1) is 23.9 Å². The van der Waals surface area contributed by atoms with Crippen molar-refractivity contribution in [1.29, 1.82) is 0 Å². The van der Waals surface area contributed by atoms with Gasteiger partial charge in [0.15, 0.2) is 5.78 Å². The lowest BCUT2D eigenvalue weighted by Gasteiger charge is -2.36. The minimum absolute atomic E-state index is 0.0646. The molecule has 0 radical (unpaired) electrons. The summed E-state index contributed by atoms with van der Waals surface area (Å²) in [6.07, 6.45) is 5.00. The van der Waals surface area contributed by atoms with E-state index in [-0.39, 0.29) is 35.7 Å². The highest BCUT2D eigenvalue weighted by molar-refractivity contribution is 5.99. The van der Waals surface area contributed by atoms with E-state index in [1.807, 2.05) is 4.90 Å². The first-order chi connectivity index (χ1) is 14.5. The minimum atomic E-state index is -0.266. The molecule has 1 fully saturated rings. The largest absolute Gasteiger partial charge is 0.507 e. The van der Waals surface area contributed by atoms with Crippen molar-refractivity contribution in [2.45, 2.75) is 38.6 Å². The molecule has 1 N–H and O–H groups in total. The first kappa shape index (κ1) is 21.8. The van der Waals surface area contributed by atoms with Crippen molar-refractivity contribution in [3.8, 4) is 11.5 Å². The number of hydrogen-bond donors (Lipinski definition) is 1. The number of likely N-dealkylation sites (tertiary alicyclic amines) is 1. The number of Topliss-reactive ketones (excluding diaryl/α,β-unsaturated/α-hetero) is 1. The molecule has 2 heterocycles. The topological polar surface area (TPSA) is 89.0 Å². The van der Waals surface area contributed by atoms with Crippen LogP contribution < -0.4 is 4.74 Å². The quantitative estimate of drug-likeness (QED) is 0.670. The molecule has 2 aromatic rings. The summed E-state index contributed by atoms with van der Waals surface area (Å²) in [4.78, 5) is 31.4. The summed E-state index contributed by atoms with van der Waals surface area (Å²) in [7, 11) is 1.62. The molecule has 1 aliphatic heterocycles. The molecule has 7 nitrogen and oxygen atoms in total. The normalized spacial score (nSPS) is 16.3. The Morgan fingerprint density at radius 3 is 2.83 bits per heavy atom. The number of benzene rings is 1. The number of aromatic hydroxyl groups is 1. The molecule has 0 aliphatic carbocycles. The number of carbonyl (C=O) groups excluding carboxylic acids is 2. The van der Waals surface area contributed by atoms with Crippen LogP contribution in [0.2, 0.25) is 0 Å². The van der Waals surface area contributed by atoms with Crippen LogP contribution in [0, 0.1) is 0 Å².